The number of benzene rings is 2. The van der Waals surface area contributed by atoms with Crippen LogP contribution in [0, 0.1) is 11.6 Å². The lowest BCUT2D eigenvalue weighted by molar-refractivity contribution is 0.0952. The van der Waals surface area contributed by atoms with E-state index in [0.29, 0.717) is 23.6 Å². The third-order valence-electron chi connectivity index (χ3n) is 2.94. The Bertz CT molecular complexity index is 646. The minimum absolute atomic E-state index is 0.0801. The van der Waals surface area contributed by atoms with Crippen molar-refractivity contribution in [3.05, 3.63) is 70.2 Å². The van der Waals surface area contributed by atoms with Gasteiger partial charge in [-0.15, -0.1) is 0 Å². The molecule has 0 aliphatic rings. The maximum Gasteiger partial charge on any atom is 0.255 e. The predicted molar refractivity (Wildman–Crippen MR) is 86.3 cm³/mol. The fourth-order valence-electron chi connectivity index (χ4n) is 1.84. The van der Waals surface area contributed by atoms with Gasteiger partial charge in [-0.2, -0.15) is 11.8 Å². The van der Waals surface area contributed by atoms with Crippen LogP contribution in [0.5, 0.6) is 0 Å². The van der Waals surface area contributed by atoms with E-state index in [1.54, 1.807) is 18.2 Å². The van der Waals surface area contributed by atoms with Gasteiger partial charge in [0.1, 0.15) is 11.6 Å². The van der Waals surface area contributed by atoms with Crippen molar-refractivity contribution in [1.29, 1.82) is 0 Å². The molecular formula is C16H14ClF2NOS. The summed E-state index contributed by atoms with van der Waals surface area (Å²) in [6.45, 7) is 0.350. The molecule has 0 bridgehead atoms. The Morgan fingerprint density at radius 1 is 1.09 bits per heavy atom. The van der Waals surface area contributed by atoms with E-state index in [1.165, 1.54) is 36.0 Å². The van der Waals surface area contributed by atoms with Gasteiger partial charge in [-0.05, 0) is 23.8 Å². The molecule has 0 fully saturated rings. The molecule has 2 aromatic rings. The Labute approximate surface area is 136 Å². The van der Waals surface area contributed by atoms with Gasteiger partial charge in [0.2, 0.25) is 0 Å². The van der Waals surface area contributed by atoms with Crippen molar-refractivity contribution >= 4 is 29.3 Å². The van der Waals surface area contributed by atoms with Gasteiger partial charge in [0.05, 0.1) is 10.6 Å². The number of hydrogen-bond acceptors (Lipinski definition) is 2. The molecule has 1 N–H and O–H groups in total. The van der Waals surface area contributed by atoms with E-state index < -0.39 is 11.7 Å². The number of thioether (sulfide) groups is 1. The molecule has 0 aromatic heterocycles. The van der Waals surface area contributed by atoms with E-state index in [0.717, 1.165) is 0 Å². The van der Waals surface area contributed by atoms with Gasteiger partial charge >= 0.3 is 0 Å². The Balaban J connectivity index is 1.77. The maximum atomic E-state index is 13.5. The Morgan fingerprint density at radius 2 is 1.82 bits per heavy atom. The van der Waals surface area contributed by atoms with Crippen molar-refractivity contribution in [3.8, 4) is 0 Å². The molecule has 116 valence electrons. The molecule has 0 aliphatic carbocycles. The molecule has 6 heteroatoms. The smallest absolute Gasteiger partial charge is 0.255 e. The van der Waals surface area contributed by atoms with E-state index in [1.807, 2.05) is 0 Å². The molecule has 0 radical (unpaired) electrons. The summed E-state index contributed by atoms with van der Waals surface area (Å²) in [7, 11) is 0. The standard InChI is InChI=1S/C16H14ClF2NOS/c17-12-5-3-7-14(19)15(12)16(21)20-8-9-22-10-11-4-1-2-6-13(11)18/h1-7H,8-10H2,(H,20,21). The molecule has 0 unspecified atom stereocenters. The van der Waals surface area contributed by atoms with Crippen molar-refractivity contribution < 1.29 is 13.6 Å². The SMILES string of the molecule is O=C(NCCSCc1ccccc1F)c1c(F)cccc1Cl. The second-order valence-corrected chi connectivity index (χ2v) is 6.01. The molecule has 2 aromatic carbocycles. The predicted octanol–water partition coefficient (Wildman–Crippen LogP) is 4.28. The van der Waals surface area contributed by atoms with Crippen molar-refractivity contribution in [2.45, 2.75) is 5.75 Å². The van der Waals surface area contributed by atoms with Crippen LogP contribution in [0.25, 0.3) is 0 Å². The number of halogens is 3. The summed E-state index contributed by atoms with van der Waals surface area (Å²) in [4.78, 5) is 11.9. The fraction of sp³-hybridized carbons (Fsp3) is 0.188. The highest BCUT2D eigenvalue weighted by Gasteiger charge is 2.14. The first-order valence-electron chi connectivity index (χ1n) is 6.63. The summed E-state index contributed by atoms with van der Waals surface area (Å²) in [5.41, 5.74) is 0.472. The number of carbonyl (C=O) groups excluding carboxylic acids is 1. The van der Waals surface area contributed by atoms with E-state index in [4.69, 9.17) is 11.6 Å². The number of rotatable bonds is 6. The van der Waals surface area contributed by atoms with Crippen LogP contribution >= 0.6 is 23.4 Å². The van der Waals surface area contributed by atoms with Gasteiger partial charge in [-0.25, -0.2) is 8.78 Å². The summed E-state index contributed by atoms with van der Waals surface area (Å²) in [5, 5.41) is 2.68. The summed E-state index contributed by atoms with van der Waals surface area (Å²) in [5.74, 6) is -0.328. The van der Waals surface area contributed by atoms with Crippen molar-refractivity contribution in [3.63, 3.8) is 0 Å². The minimum Gasteiger partial charge on any atom is -0.351 e. The number of amides is 1. The molecule has 0 saturated carbocycles. The Hall–Kier alpha value is -1.59. The van der Waals surface area contributed by atoms with Crippen LogP contribution < -0.4 is 5.32 Å². The maximum absolute atomic E-state index is 13.5. The van der Waals surface area contributed by atoms with Gasteiger partial charge in [0.25, 0.3) is 5.91 Å². The number of hydrogen-bond donors (Lipinski definition) is 1. The monoisotopic (exact) mass is 341 g/mol. The zero-order valence-electron chi connectivity index (χ0n) is 11.6. The van der Waals surface area contributed by atoms with Gasteiger partial charge in [-0.1, -0.05) is 35.9 Å². The van der Waals surface area contributed by atoms with Crippen LogP contribution in [0.4, 0.5) is 8.78 Å². The van der Waals surface area contributed by atoms with Crippen LogP contribution in [0.2, 0.25) is 5.02 Å². The van der Waals surface area contributed by atoms with E-state index in [2.05, 4.69) is 5.32 Å². The molecule has 0 saturated heterocycles. The zero-order chi connectivity index (χ0) is 15.9. The molecule has 0 atom stereocenters. The third-order valence-corrected chi connectivity index (χ3v) is 4.26. The van der Waals surface area contributed by atoms with E-state index in [9.17, 15) is 13.6 Å². The highest BCUT2D eigenvalue weighted by Crippen LogP contribution is 2.19. The Morgan fingerprint density at radius 3 is 2.55 bits per heavy atom. The highest BCUT2D eigenvalue weighted by atomic mass is 35.5. The molecule has 0 spiro atoms. The fourth-order valence-corrected chi connectivity index (χ4v) is 2.93. The topological polar surface area (TPSA) is 29.1 Å². The summed E-state index contributed by atoms with van der Waals surface area (Å²) >= 11 is 7.30. The summed E-state index contributed by atoms with van der Waals surface area (Å²) in [6, 6.07) is 10.7. The van der Waals surface area contributed by atoms with Gasteiger partial charge in [0.15, 0.2) is 0 Å². The normalized spacial score (nSPS) is 10.5. The molecule has 0 aliphatic heterocycles. The van der Waals surface area contributed by atoms with Crippen LogP contribution in [0.15, 0.2) is 42.5 Å². The lowest BCUT2D eigenvalue weighted by atomic mass is 10.2. The molecular weight excluding hydrogens is 328 g/mol. The van der Waals surface area contributed by atoms with Gasteiger partial charge < -0.3 is 5.32 Å². The molecule has 0 heterocycles. The van der Waals surface area contributed by atoms with Crippen LogP contribution in [-0.4, -0.2) is 18.2 Å². The van der Waals surface area contributed by atoms with Gasteiger partial charge in [-0.3, -0.25) is 4.79 Å². The van der Waals surface area contributed by atoms with E-state index in [-0.39, 0.29) is 16.4 Å². The van der Waals surface area contributed by atoms with Gasteiger partial charge in [0, 0.05) is 18.1 Å². The lowest BCUT2D eigenvalue weighted by Gasteiger charge is -2.08. The van der Waals surface area contributed by atoms with Crippen LogP contribution in [-0.2, 0) is 5.75 Å². The third kappa shape index (κ3) is 4.45. The average Bonchev–Trinajstić information content (AvgIpc) is 2.48. The second kappa shape index (κ2) is 8.15. The quantitative estimate of drug-likeness (QED) is 0.794. The molecule has 22 heavy (non-hydrogen) atoms. The summed E-state index contributed by atoms with van der Waals surface area (Å²) < 4.78 is 26.9. The number of carbonyl (C=O) groups is 1. The zero-order valence-corrected chi connectivity index (χ0v) is 13.2. The average molecular weight is 342 g/mol. The van der Waals surface area contributed by atoms with Crippen LogP contribution in [0.3, 0.4) is 0 Å². The minimum atomic E-state index is -0.649. The Kier molecular flexibility index (Phi) is 6.21. The first-order valence-corrected chi connectivity index (χ1v) is 8.16. The number of nitrogens with one attached hydrogen (secondary N) is 1. The highest BCUT2D eigenvalue weighted by molar-refractivity contribution is 7.98. The lowest BCUT2D eigenvalue weighted by Crippen LogP contribution is -2.27. The van der Waals surface area contributed by atoms with Crippen molar-refractivity contribution in [1.82, 2.24) is 5.32 Å². The summed E-state index contributed by atoms with van der Waals surface area (Å²) in [6.07, 6.45) is 0. The molecule has 2 rings (SSSR count). The van der Waals surface area contributed by atoms with Crippen molar-refractivity contribution in [2.75, 3.05) is 12.3 Å². The molecule has 2 nitrogen and oxygen atoms in total. The first-order chi connectivity index (χ1) is 10.6. The largest absolute Gasteiger partial charge is 0.351 e. The van der Waals surface area contributed by atoms with E-state index >= 15 is 0 Å². The first kappa shape index (κ1) is 16.8. The van der Waals surface area contributed by atoms with Crippen molar-refractivity contribution in [2.24, 2.45) is 0 Å². The molecule has 1 amide bonds. The van der Waals surface area contributed by atoms with Crippen LogP contribution in [0.1, 0.15) is 15.9 Å². The second-order valence-electron chi connectivity index (χ2n) is 4.50.